The van der Waals surface area contributed by atoms with E-state index in [0.29, 0.717) is 141 Å². The van der Waals surface area contributed by atoms with Gasteiger partial charge in [-0.2, -0.15) is 42.1 Å². The molecule has 4 N–H and O–H groups in total. The van der Waals surface area contributed by atoms with Gasteiger partial charge >= 0.3 is 20.2 Å². The van der Waals surface area contributed by atoms with Crippen LogP contribution in [0, 0.1) is 0 Å². The zero-order valence-corrected chi connectivity index (χ0v) is 57.9. The Morgan fingerprint density at radius 3 is 1.02 bits per heavy atom. The fourth-order valence-corrected chi connectivity index (χ4v) is 21.4. The van der Waals surface area contributed by atoms with E-state index in [-0.39, 0.29) is 98.6 Å². The molecule has 2 aliphatic rings. The number of benzene rings is 14. The summed E-state index contributed by atoms with van der Waals surface area (Å²) >= 11 is 0.717. The number of nitrogens with zero attached hydrogens (tertiary/aromatic N) is 8. The maximum Gasteiger partial charge on any atom is 0.339 e. The molecule has 524 valence electrons. The molecule has 0 unspecified atom stereocenters. The van der Waals surface area contributed by atoms with E-state index >= 15 is 0 Å². The summed E-state index contributed by atoms with van der Waals surface area (Å²) in [4.78, 5) is 75.1. The van der Waals surface area contributed by atoms with Crippen molar-refractivity contribution >= 4 is 259 Å². The third-order valence-electron chi connectivity index (χ3n) is 21.3. The number of hydrogen-bond acceptors (Lipinski definition) is 24. The fourth-order valence-electron chi connectivity index (χ4n) is 17.2. The molecule has 2 aliphatic heterocycles. The fraction of sp³-hybridized carbons (Fsp3) is 0. The van der Waals surface area contributed by atoms with Gasteiger partial charge in [-0.3, -0.25) is 50.4 Å². The molecule has 0 atom stereocenters. The lowest BCUT2D eigenvalue weighted by Crippen LogP contribution is -2.19. The van der Waals surface area contributed by atoms with Gasteiger partial charge in [0.15, 0.2) is 11.5 Å². The highest BCUT2D eigenvalue weighted by atomic mass is 32.2. The van der Waals surface area contributed by atoms with E-state index in [1.807, 2.05) is 6.07 Å². The van der Waals surface area contributed by atoms with Gasteiger partial charge in [0.05, 0.1) is 87.0 Å². The molecule has 8 aromatic heterocycles. The molecule has 0 radical (unpaired) electrons. The molecule has 0 aliphatic carbocycles. The van der Waals surface area contributed by atoms with E-state index in [2.05, 4.69) is 24.3 Å². The lowest BCUT2D eigenvalue weighted by atomic mass is 9.85. The first-order chi connectivity index (χ1) is 51.6. The quantitative estimate of drug-likeness (QED) is 0.0228. The topological polar surface area (TPSA) is 426 Å². The summed E-state index contributed by atoms with van der Waals surface area (Å²) < 4.78 is 179. The molecule has 14 aromatic carbocycles. The molecule has 0 saturated heterocycles. The molecule has 22 aromatic rings. The van der Waals surface area contributed by atoms with E-state index in [4.69, 9.17) is 18.6 Å². The van der Waals surface area contributed by atoms with Crippen molar-refractivity contribution in [2.75, 3.05) is 0 Å². The average Bonchev–Trinajstić information content (AvgIpc) is 0.845. The second kappa shape index (κ2) is 19.5. The Balaban J connectivity index is 0.000000130. The Morgan fingerprint density at radius 1 is 0.333 bits per heavy atom. The average molecular weight is 1550 g/mol. The van der Waals surface area contributed by atoms with Crippen LogP contribution in [0.2, 0.25) is 0 Å². The third kappa shape index (κ3) is 7.50. The summed E-state index contributed by atoms with van der Waals surface area (Å²) in [6.45, 7) is 0. The summed E-state index contributed by atoms with van der Waals surface area (Å²) in [7, 11) is -23.0. The number of rotatable bonds is 6. The van der Waals surface area contributed by atoms with Crippen LogP contribution in [0.15, 0.2) is 194 Å². The molecular formula is C72H28N8O22S6. The first kappa shape index (κ1) is 62.0. The third-order valence-corrected chi connectivity index (χ3v) is 26.9. The minimum absolute atomic E-state index is 0.00231. The molecule has 0 bridgehead atoms. The first-order valence-corrected chi connectivity index (χ1v) is 39.8. The van der Waals surface area contributed by atoms with Crippen LogP contribution in [0.3, 0.4) is 0 Å². The van der Waals surface area contributed by atoms with Crippen molar-refractivity contribution in [1.29, 1.82) is 0 Å². The van der Waals surface area contributed by atoms with Gasteiger partial charge in [-0.25, -0.2) is 25.2 Å². The van der Waals surface area contributed by atoms with E-state index < -0.39 is 82.0 Å². The monoisotopic (exact) mass is 1550 g/mol. The van der Waals surface area contributed by atoms with Crippen molar-refractivity contribution in [3.63, 3.8) is 0 Å². The molecule has 30 nitrogen and oxygen atoms in total. The Kier molecular flexibility index (Phi) is 11.2. The molecule has 10 heterocycles. The van der Waals surface area contributed by atoms with E-state index in [1.54, 1.807) is 60.7 Å². The highest BCUT2D eigenvalue weighted by molar-refractivity contribution is 7.94. The second-order valence-electron chi connectivity index (χ2n) is 26.5. The molecule has 0 fully saturated rings. The van der Waals surface area contributed by atoms with Gasteiger partial charge in [0.25, 0.3) is 52.6 Å². The Hall–Kier alpha value is -12.3. The summed E-state index contributed by atoms with van der Waals surface area (Å²) in [5.41, 5.74) is 0.637. The Bertz CT molecular complexity index is 9180. The highest BCUT2D eigenvalue weighted by Crippen LogP contribution is 2.56. The molecule has 24 rings (SSSR count). The largest absolute Gasteiger partial charge is 0.378 e. The molecule has 0 spiro atoms. The van der Waals surface area contributed by atoms with Gasteiger partial charge in [-0.15, -0.1) is 4.33 Å². The Morgan fingerprint density at radius 2 is 0.639 bits per heavy atom. The number of aromatic nitrogens is 8. The smallest absolute Gasteiger partial charge is 0.339 e. The first-order valence-electron chi connectivity index (χ1n) is 31.9. The molecule has 0 saturated carbocycles. The van der Waals surface area contributed by atoms with Crippen LogP contribution in [-0.2, 0) is 60.0 Å². The Labute approximate surface area is 598 Å². The predicted octanol–water partition coefficient (Wildman–Crippen LogP) is 10.8. The van der Waals surface area contributed by atoms with E-state index in [1.165, 1.54) is 78.3 Å². The van der Waals surface area contributed by atoms with Gasteiger partial charge in [0.1, 0.15) is 32.4 Å². The zero-order chi connectivity index (χ0) is 73.9. The standard InChI is InChI=1S/2C36H14N4O11S3/c41-35-18-6-4-16-15-3-5-17-27-20(36(42)40-24-10-14(53(44,45)46)2-8-22(24)37-33(17)40)11-25-31(29(15)27)32-26(54(47,48)49-25)12-19(28(18)30(16)32)34-38-21-7-1-13(52-51-50-43)9-23(21)39(34)35;41-35-19-11-25-31-29-15(3-5-17(27(19)29)33-37-21-7-1-13(52(43,44)45)9-23(21)39(33)35)16-4-6-18-28-20(12-26(32(31)30(16)28)54(49,50)51-25)36(42)40-24-10-14(53(46,47)48)2-8-22(24)38-34(18)40/h1-12,43H,(H,44,45,46);1-12H,(H,43,44,45)(H,46,47,48). The van der Waals surface area contributed by atoms with Crippen molar-refractivity contribution in [2.24, 2.45) is 0 Å². The van der Waals surface area contributed by atoms with Crippen LogP contribution in [0.1, 0.15) is 0 Å². The van der Waals surface area contributed by atoms with Crippen molar-refractivity contribution < 1.29 is 78.7 Å². The zero-order valence-electron chi connectivity index (χ0n) is 53.0. The van der Waals surface area contributed by atoms with Crippen molar-refractivity contribution in [2.45, 2.75) is 29.4 Å². The van der Waals surface area contributed by atoms with Gasteiger partial charge in [0, 0.05) is 96.5 Å². The summed E-state index contributed by atoms with van der Waals surface area (Å²) in [5, 5.41) is 22.7. The normalized spacial score (nSPS) is 14.9. The number of fused-ring (bicyclic) bond motifs is 18. The SMILES string of the molecule is O=c1c2cc3c4c5c(cc6c(=O)n7c8cc(S(=O)(=O)O)ccc8nc7c7ccc(c8ccc(c2c84)c2nc4ccc(S(=O)(=O)O)cc4n12)c5c67)S(=O)(=O)O3.O=c1c2cc3c4c5c(cc6c7c(ccc(c8ccc(c2c84)c2nc4ccc(S(=O)(=O)O)cc4n12)c57)c(=O)n1c2cc(SOOO)ccc2nc61)S(=O)(=O)O3. The molecule has 0 amide bonds. The van der Waals surface area contributed by atoms with Crippen molar-refractivity contribution in [3.8, 4) is 11.5 Å². The number of hydrogen-bond donors (Lipinski definition) is 4. The van der Waals surface area contributed by atoms with Gasteiger partial charge in [0.2, 0.25) is 0 Å². The van der Waals surface area contributed by atoms with Gasteiger partial charge in [-0.05, 0) is 143 Å². The maximum absolute atomic E-state index is 14.4. The van der Waals surface area contributed by atoms with Crippen LogP contribution in [0.25, 0.3) is 196 Å². The summed E-state index contributed by atoms with van der Waals surface area (Å²) in [5.74, 6) is -0.204. The summed E-state index contributed by atoms with van der Waals surface area (Å²) in [6.07, 6.45) is 0. The van der Waals surface area contributed by atoms with Gasteiger partial charge < -0.3 is 8.37 Å². The number of imidazole rings is 4. The van der Waals surface area contributed by atoms with Crippen LogP contribution in [-0.4, -0.2) is 98.5 Å². The maximum atomic E-state index is 14.4. The van der Waals surface area contributed by atoms with Crippen LogP contribution in [0.5, 0.6) is 11.5 Å². The van der Waals surface area contributed by atoms with Crippen LogP contribution in [0.4, 0.5) is 0 Å². The molecular weight excluding hydrogens is 1520 g/mol. The predicted molar refractivity (Wildman–Crippen MR) is 396 cm³/mol. The summed E-state index contributed by atoms with van der Waals surface area (Å²) in [6, 6.07) is 35.7. The molecule has 36 heteroatoms. The van der Waals surface area contributed by atoms with Crippen LogP contribution < -0.4 is 30.6 Å². The highest BCUT2D eigenvalue weighted by Gasteiger charge is 2.39. The van der Waals surface area contributed by atoms with E-state index in [9.17, 15) is 74.9 Å². The van der Waals surface area contributed by atoms with E-state index in [0.717, 1.165) is 18.2 Å². The van der Waals surface area contributed by atoms with Crippen molar-refractivity contribution in [3.05, 3.63) is 187 Å². The minimum atomic E-state index is -4.63. The minimum Gasteiger partial charge on any atom is -0.378 e. The molecule has 108 heavy (non-hydrogen) atoms. The lowest BCUT2D eigenvalue weighted by molar-refractivity contribution is -0.432. The van der Waals surface area contributed by atoms with Crippen molar-refractivity contribution in [1.82, 2.24) is 37.5 Å². The number of pyridine rings is 4. The second-order valence-corrected chi connectivity index (χ2v) is 34.5. The lowest BCUT2D eigenvalue weighted by Gasteiger charge is -2.25. The van der Waals surface area contributed by atoms with Gasteiger partial charge in [-0.1, -0.05) is 29.3 Å². The van der Waals surface area contributed by atoms with Crippen LogP contribution >= 0.6 is 12.0 Å².